The van der Waals surface area contributed by atoms with E-state index in [9.17, 15) is 40.0 Å². The van der Waals surface area contributed by atoms with E-state index in [0.29, 0.717) is 30.2 Å². The highest BCUT2D eigenvalue weighted by Crippen LogP contribution is 2.31. The first-order valence-corrected chi connectivity index (χ1v) is 16.5. The third-order valence-corrected chi connectivity index (χ3v) is 9.31. The minimum atomic E-state index is -4.81. The Labute approximate surface area is 265 Å². The van der Waals surface area contributed by atoms with E-state index in [0.717, 1.165) is 31.4 Å². The van der Waals surface area contributed by atoms with Gasteiger partial charge in [0.15, 0.2) is 5.03 Å². The van der Waals surface area contributed by atoms with Crippen LogP contribution in [0.1, 0.15) is 48.2 Å². The molecule has 3 aromatic rings. The average molecular weight is 692 g/mol. The van der Waals surface area contributed by atoms with Crippen LogP contribution in [0.25, 0.3) is 0 Å². The molecule has 1 aliphatic rings. The molecule has 46 heavy (non-hydrogen) atoms. The van der Waals surface area contributed by atoms with Gasteiger partial charge in [0.2, 0.25) is 28.0 Å². The Kier molecular flexibility index (Phi) is 12.0. The van der Waals surface area contributed by atoms with Crippen LogP contribution in [0.3, 0.4) is 0 Å². The largest absolute Gasteiger partial charge is 0.487 e. The second kappa shape index (κ2) is 15.7. The number of carbonyl (C=O) groups is 2. The summed E-state index contributed by atoms with van der Waals surface area (Å²) in [5.41, 5.74) is 0.308. The van der Waals surface area contributed by atoms with Gasteiger partial charge in [-0.15, -0.1) is 0 Å². The fourth-order valence-corrected chi connectivity index (χ4v) is 6.54. The van der Waals surface area contributed by atoms with Crippen molar-refractivity contribution in [2.24, 2.45) is 5.92 Å². The Balaban J connectivity index is 1.58. The van der Waals surface area contributed by atoms with Gasteiger partial charge in [0.25, 0.3) is 5.91 Å². The van der Waals surface area contributed by atoms with Gasteiger partial charge >= 0.3 is 6.18 Å². The Morgan fingerprint density at radius 3 is 2.43 bits per heavy atom. The van der Waals surface area contributed by atoms with Gasteiger partial charge < -0.3 is 15.4 Å². The second-order valence-corrected chi connectivity index (χ2v) is 13.1. The number of benzene rings is 2. The smallest absolute Gasteiger partial charge is 0.402 e. The molecule has 2 amide bonds. The molecule has 1 heterocycles. The lowest BCUT2D eigenvalue weighted by Crippen LogP contribution is -2.49. The number of thioether (sulfide) groups is 1. The summed E-state index contributed by atoms with van der Waals surface area (Å²) in [5, 5.41) is 12.1. The van der Waals surface area contributed by atoms with Gasteiger partial charge in [-0.25, -0.2) is 26.5 Å². The number of ether oxygens (including phenoxy) is 1. The second-order valence-electron chi connectivity index (χ2n) is 10.3. The molecule has 1 aromatic heterocycles. The minimum Gasteiger partial charge on any atom is -0.487 e. The first-order chi connectivity index (χ1) is 21.8. The van der Waals surface area contributed by atoms with E-state index in [1.54, 1.807) is 30.3 Å². The molecule has 1 atom stereocenters. The molecular weight excluding hydrogens is 661 g/mol. The highest BCUT2D eigenvalue weighted by atomic mass is 32.2. The lowest BCUT2D eigenvalue weighted by molar-refractivity contribution is -0.121. The Bertz CT molecular complexity index is 1580. The maximum atomic E-state index is 13.6. The standard InChI is InChI=1S/C28H30F5N5O6S2/c29-22(30)15-45-27-24(37-44-38-27)26(40)36-23(18-9-5-2-6-10-18)25(39)35-19-11-12-21(46(41,42)34-16-28(31,32)33)20(13-19)43-14-17-7-3-1-4-8-17/h1,3-4,7-8,11-13,18,22-23,34H,2,5-6,9-10,14-16H2,(H,35,39)(H,36,40)/t23-/m0/s1. The van der Waals surface area contributed by atoms with Crippen molar-refractivity contribution < 1.29 is 49.3 Å². The van der Waals surface area contributed by atoms with Crippen molar-refractivity contribution >= 4 is 39.3 Å². The van der Waals surface area contributed by atoms with Crippen molar-refractivity contribution in [3.05, 3.63) is 59.8 Å². The summed E-state index contributed by atoms with van der Waals surface area (Å²) in [6.07, 6.45) is -3.79. The summed E-state index contributed by atoms with van der Waals surface area (Å²) < 4.78 is 101. The van der Waals surface area contributed by atoms with Gasteiger partial charge in [-0.1, -0.05) is 61.4 Å². The Morgan fingerprint density at radius 1 is 1.04 bits per heavy atom. The number of alkyl halides is 5. The highest BCUT2D eigenvalue weighted by molar-refractivity contribution is 7.99. The average Bonchev–Trinajstić information content (AvgIpc) is 3.50. The third-order valence-electron chi connectivity index (χ3n) is 6.91. The van der Waals surface area contributed by atoms with Gasteiger partial charge in [-0.2, -0.15) is 13.2 Å². The molecule has 18 heteroatoms. The molecule has 11 nitrogen and oxygen atoms in total. The number of nitrogens with one attached hydrogen (secondary N) is 3. The normalized spacial score (nSPS) is 15.0. The van der Waals surface area contributed by atoms with E-state index in [1.807, 2.05) is 0 Å². The van der Waals surface area contributed by atoms with Crippen molar-refractivity contribution in [2.75, 3.05) is 17.6 Å². The van der Waals surface area contributed by atoms with Gasteiger partial charge in [0.05, 0.1) is 5.75 Å². The van der Waals surface area contributed by atoms with Crippen LogP contribution in [0.15, 0.2) is 63.1 Å². The lowest BCUT2D eigenvalue weighted by atomic mass is 9.83. The summed E-state index contributed by atoms with van der Waals surface area (Å²) in [6.45, 7) is -1.95. The molecule has 1 aliphatic carbocycles. The van der Waals surface area contributed by atoms with Crippen molar-refractivity contribution in [1.82, 2.24) is 20.4 Å². The molecule has 1 fully saturated rings. The molecule has 4 rings (SSSR count). The summed E-state index contributed by atoms with van der Waals surface area (Å²) in [4.78, 5) is 26.1. The Morgan fingerprint density at radius 2 is 1.76 bits per heavy atom. The van der Waals surface area contributed by atoms with Crippen molar-refractivity contribution in [2.45, 2.75) is 67.3 Å². The van der Waals surface area contributed by atoms with Crippen molar-refractivity contribution in [3.63, 3.8) is 0 Å². The van der Waals surface area contributed by atoms with E-state index in [2.05, 4.69) is 25.6 Å². The molecule has 0 unspecified atom stereocenters. The molecule has 0 radical (unpaired) electrons. The van der Waals surface area contributed by atoms with E-state index in [1.165, 1.54) is 10.8 Å². The van der Waals surface area contributed by atoms with E-state index < -0.39 is 57.7 Å². The zero-order valence-electron chi connectivity index (χ0n) is 24.1. The van der Waals surface area contributed by atoms with Gasteiger partial charge in [-0.05, 0) is 46.8 Å². The zero-order valence-corrected chi connectivity index (χ0v) is 25.7. The number of hydrogen-bond donors (Lipinski definition) is 3. The first kappa shape index (κ1) is 35.1. The van der Waals surface area contributed by atoms with Crippen LogP contribution in [0.5, 0.6) is 5.75 Å². The number of carbonyl (C=O) groups excluding carboxylic acids is 2. The van der Waals surface area contributed by atoms with Crippen LogP contribution in [-0.4, -0.2) is 61.5 Å². The molecule has 2 aromatic carbocycles. The number of amides is 2. The number of anilines is 1. The number of nitrogens with zero attached hydrogens (tertiary/aromatic N) is 2. The maximum absolute atomic E-state index is 13.6. The van der Waals surface area contributed by atoms with Crippen LogP contribution in [0.4, 0.5) is 27.6 Å². The van der Waals surface area contributed by atoms with E-state index >= 15 is 0 Å². The lowest BCUT2D eigenvalue weighted by Gasteiger charge is -2.30. The van der Waals surface area contributed by atoms with E-state index in [-0.39, 0.29) is 34.7 Å². The summed E-state index contributed by atoms with van der Waals surface area (Å²) in [7, 11) is -4.70. The number of rotatable bonds is 14. The summed E-state index contributed by atoms with van der Waals surface area (Å²) >= 11 is 0.567. The van der Waals surface area contributed by atoms with Gasteiger partial charge in [-0.3, -0.25) is 9.59 Å². The molecule has 3 N–H and O–H groups in total. The molecule has 0 spiro atoms. The van der Waals surface area contributed by atoms with Crippen LogP contribution < -0.4 is 20.1 Å². The molecule has 0 bridgehead atoms. The van der Waals surface area contributed by atoms with Crippen molar-refractivity contribution in [3.8, 4) is 5.75 Å². The topological polar surface area (TPSA) is 153 Å². The summed E-state index contributed by atoms with van der Waals surface area (Å²) in [6, 6.07) is 10.8. The van der Waals surface area contributed by atoms with Crippen molar-refractivity contribution in [1.29, 1.82) is 0 Å². The quantitative estimate of drug-likeness (QED) is 0.154. The van der Waals surface area contributed by atoms with Crippen LogP contribution in [-0.2, 0) is 21.4 Å². The third kappa shape index (κ3) is 10.1. The van der Waals surface area contributed by atoms with Crippen LogP contribution >= 0.6 is 11.8 Å². The molecule has 0 aliphatic heterocycles. The monoisotopic (exact) mass is 691 g/mol. The van der Waals surface area contributed by atoms with Gasteiger partial charge in [0.1, 0.15) is 29.8 Å². The molecule has 0 saturated heterocycles. The highest BCUT2D eigenvalue weighted by Gasteiger charge is 2.34. The van der Waals surface area contributed by atoms with Gasteiger partial charge in [0, 0.05) is 11.8 Å². The van der Waals surface area contributed by atoms with Crippen LogP contribution in [0, 0.1) is 5.92 Å². The molecular formula is C28H30F5N5O6S2. The Hall–Kier alpha value is -3.77. The summed E-state index contributed by atoms with van der Waals surface area (Å²) in [5.74, 6) is -2.85. The molecule has 1 saturated carbocycles. The first-order valence-electron chi connectivity index (χ1n) is 14.0. The number of halogens is 5. The van der Waals surface area contributed by atoms with E-state index in [4.69, 9.17) is 4.74 Å². The predicted octanol–water partition coefficient (Wildman–Crippen LogP) is 5.16. The predicted molar refractivity (Wildman–Crippen MR) is 156 cm³/mol. The maximum Gasteiger partial charge on any atom is 0.402 e. The number of aromatic nitrogens is 2. The zero-order chi connectivity index (χ0) is 33.3. The number of sulfonamides is 1. The fraction of sp³-hybridized carbons (Fsp3) is 0.429. The number of hydrogen-bond acceptors (Lipinski definition) is 9. The SMILES string of the molecule is O=C(N[C@H](C(=O)Nc1ccc(S(=O)(=O)NCC(F)(F)F)c(OCc2ccccc2)c1)C1CCCCC1)c1nonc1SCC(F)F. The fourth-order valence-electron chi connectivity index (χ4n) is 4.76. The molecule has 250 valence electrons. The van der Waals surface area contributed by atoms with Crippen LogP contribution in [0.2, 0.25) is 0 Å². The minimum absolute atomic E-state index is 0.0363.